The Morgan fingerprint density at radius 2 is 1.56 bits per heavy atom. The van der Waals surface area contributed by atoms with E-state index in [1.807, 2.05) is 34.7 Å². The monoisotopic (exact) mass is 390 g/mol. The maximum Gasteiger partial charge on any atom is 0.162 e. The zero-order valence-electron chi connectivity index (χ0n) is 9.33. The number of aromatic nitrogens is 2. The topological polar surface area (TPSA) is 25.8 Å². The van der Waals surface area contributed by atoms with Crippen molar-refractivity contribution in [3.63, 3.8) is 0 Å². The molecule has 0 N–H and O–H groups in total. The molecule has 1 aromatic heterocycles. The first-order valence-corrected chi connectivity index (χ1v) is 7.47. The third kappa shape index (κ3) is 2.49. The minimum absolute atomic E-state index is 0.400. The van der Waals surface area contributed by atoms with Crippen molar-refractivity contribution in [2.24, 2.45) is 0 Å². The molecule has 1 aliphatic carbocycles. The second kappa shape index (κ2) is 4.94. The first-order chi connectivity index (χ1) is 8.65. The van der Waals surface area contributed by atoms with Crippen LogP contribution in [0.25, 0.3) is 11.4 Å². The van der Waals surface area contributed by atoms with Crippen molar-refractivity contribution >= 4 is 45.8 Å². The van der Waals surface area contributed by atoms with Gasteiger partial charge in [-0.1, -0.05) is 47.5 Å². The van der Waals surface area contributed by atoms with Crippen molar-refractivity contribution in [3.05, 3.63) is 43.7 Å². The highest BCUT2D eigenvalue weighted by Gasteiger charge is 2.23. The Balaban J connectivity index is 1.98. The third-order valence-electron chi connectivity index (χ3n) is 2.99. The van der Waals surface area contributed by atoms with E-state index in [1.54, 1.807) is 0 Å². The van der Waals surface area contributed by atoms with E-state index in [-0.39, 0.29) is 0 Å². The Morgan fingerprint density at radius 1 is 1.00 bits per heavy atom. The highest BCUT2D eigenvalue weighted by atomic mass is 127. The predicted octanol–water partition coefficient (Wildman–Crippen LogP) is 4.93. The van der Waals surface area contributed by atoms with Crippen LogP contribution in [0.4, 0.5) is 0 Å². The summed E-state index contributed by atoms with van der Waals surface area (Å²) in [5.74, 6) is 1.33. The normalized spacial score (nSPS) is 14.8. The van der Waals surface area contributed by atoms with Crippen LogP contribution in [0.3, 0.4) is 0 Å². The number of hydrogen-bond acceptors (Lipinski definition) is 2. The highest BCUT2D eigenvalue weighted by Crippen LogP contribution is 2.40. The van der Waals surface area contributed by atoms with Gasteiger partial charge in [0.1, 0.15) is 10.3 Å². The molecule has 1 aliphatic rings. The van der Waals surface area contributed by atoms with E-state index in [9.17, 15) is 0 Å². The van der Waals surface area contributed by atoms with Gasteiger partial charge in [-0.15, -0.1) is 0 Å². The fourth-order valence-corrected chi connectivity index (χ4v) is 2.47. The van der Waals surface area contributed by atoms with Gasteiger partial charge in [0.2, 0.25) is 0 Å². The van der Waals surface area contributed by atoms with Gasteiger partial charge < -0.3 is 0 Å². The molecule has 0 radical (unpaired) electrons. The van der Waals surface area contributed by atoms with Crippen molar-refractivity contribution in [1.29, 1.82) is 0 Å². The summed E-state index contributed by atoms with van der Waals surface area (Å²) in [7, 11) is 0. The third-order valence-corrected chi connectivity index (χ3v) is 5.19. The summed E-state index contributed by atoms with van der Waals surface area (Å²) in [5, 5.41) is 0.800. The van der Waals surface area contributed by atoms with Gasteiger partial charge in [-0.2, -0.15) is 0 Å². The van der Waals surface area contributed by atoms with E-state index in [4.69, 9.17) is 23.2 Å². The highest BCUT2D eigenvalue weighted by molar-refractivity contribution is 14.1. The summed E-state index contributed by atoms with van der Waals surface area (Å²) < 4.78 is 0.689. The summed E-state index contributed by atoms with van der Waals surface area (Å²) in [6, 6.07) is 8.33. The van der Waals surface area contributed by atoms with Gasteiger partial charge in [0, 0.05) is 5.56 Å². The van der Waals surface area contributed by atoms with E-state index in [2.05, 4.69) is 22.1 Å². The average Bonchev–Trinajstić information content (AvgIpc) is 3.20. The fourth-order valence-electron chi connectivity index (χ4n) is 1.84. The summed E-state index contributed by atoms with van der Waals surface area (Å²) in [6.07, 6.45) is 2.61. The number of benzene rings is 1. The van der Waals surface area contributed by atoms with Gasteiger partial charge in [0.05, 0.1) is 3.57 Å². The molecule has 18 heavy (non-hydrogen) atoms. The van der Waals surface area contributed by atoms with E-state index in [0.29, 0.717) is 19.7 Å². The minimum atomic E-state index is 0.400. The van der Waals surface area contributed by atoms with Crippen LogP contribution in [0.5, 0.6) is 0 Å². The van der Waals surface area contributed by atoms with Crippen molar-refractivity contribution < 1.29 is 0 Å². The number of hydrogen-bond donors (Lipinski definition) is 0. The molecular formula is C13H9Cl2IN2. The Kier molecular flexibility index (Phi) is 3.47. The van der Waals surface area contributed by atoms with Crippen LogP contribution in [0.2, 0.25) is 10.3 Å². The molecule has 2 aromatic rings. The summed E-state index contributed by atoms with van der Waals surface area (Å²) in [5.41, 5.74) is 2.33. The van der Waals surface area contributed by atoms with E-state index >= 15 is 0 Å². The van der Waals surface area contributed by atoms with Crippen molar-refractivity contribution in [2.75, 3.05) is 0 Å². The molecule has 1 fully saturated rings. The molecule has 0 spiro atoms. The first kappa shape index (κ1) is 12.6. The SMILES string of the molecule is Clc1nc(-c2ccc(C3CC3)cc2)nc(Cl)c1I. The van der Waals surface area contributed by atoms with Crippen LogP contribution in [0.15, 0.2) is 24.3 Å². The number of halogens is 3. The molecule has 5 heteroatoms. The van der Waals surface area contributed by atoms with Crippen molar-refractivity contribution in [1.82, 2.24) is 9.97 Å². The molecule has 0 amide bonds. The zero-order chi connectivity index (χ0) is 12.7. The predicted molar refractivity (Wildman–Crippen MR) is 82.2 cm³/mol. The Hall–Kier alpha value is -0.390. The average molecular weight is 391 g/mol. The molecular weight excluding hydrogens is 382 g/mol. The lowest BCUT2D eigenvalue weighted by atomic mass is 10.1. The van der Waals surface area contributed by atoms with E-state index in [0.717, 1.165) is 11.5 Å². The molecule has 0 unspecified atom stereocenters. The van der Waals surface area contributed by atoms with E-state index < -0.39 is 0 Å². The molecule has 0 atom stereocenters. The molecule has 2 nitrogen and oxygen atoms in total. The maximum absolute atomic E-state index is 6.02. The van der Waals surface area contributed by atoms with Gasteiger partial charge in [-0.3, -0.25) is 0 Å². The second-order valence-electron chi connectivity index (χ2n) is 4.34. The Morgan fingerprint density at radius 3 is 2.06 bits per heavy atom. The molecule has 92 valence electrons. The Bertz CT molecular complexity index is 571. The maximum atomic E-state index is 6.02. The second-order valence-corrected chi connectivity index (χ2v) is 6.13. The first-order valence-electron chi connectivity index (χ1n) is 5.64. The largest absolute Gasteiger partial charge is 0.215 e. The van der Waals surface area contributed by atoms with E-state index in [1.165, 1.54) is 18.4 Å². The van der Waals surface area contributed by atoms with Crippen molar-refractivity contribution in [3.8, 4) is 11.4 Å². The fraction of sp³-hybridized carbons (Fsp3) is 0.231. The minimum Gasteiger partial charge on any atom is -0.215 e. The quantitative estimate of drug-likeness (QED) is 0.536. The molecule has 0 aliphatic heterocycles. The van der Waals surface area contributed by atoms with Crippen LogP contribution in [0.1, 0.15) is 24.3 Å². The Labute approximate surface area is 129 Å². The lowest BCUT2D eigenvalue weighted by Crippen LogP contribution is -1.94. The molecule has 1 heterocycles. The molecule has 0 saturated heterocycles. The van der Waals surface area contributed by atoms with Gasteiger partial charge in [0.15, 0.2) is 5.82 Å². The van der Waals surface area contributed by atoms with Gasteiger partial charge in [-0.05, 0) is 46.9 Å². The molecule has 1 saturated carbocycles. The van der Waals surface area contributed by atoms with Gasteiger partial charge in [-0.25, -0.2) is 9.97 Å². The van der Waals surface area contributed by atoms with Crippen LogP contribution in [-0.2, 0) is 0 Å². The molecule has 3 rings (SSSR count). The lowest BCUT2D eigenvalue weighted by molar-refractivity contribution is 1.12. The van der Waals surface area contributed by atoms with Crippen LogP contribution in [0, 0.1) is 3.57 Å². The summed E-state index contributed by atoms with van der Waals surface area (Å²) >= 11 is 14.1. The smallest absolute Gasteiger partial charge is 0.162 e. The van der Waals surface area contributed by atoms with Crippen LogP contribution < -0.4 is 0 Å². The zero-order valence-corrected chi connectivity index (χ0v) is 13.0. The van der Waals surface area contributed by atoms with Gasteiger partial charge >= 0.3 is 0 Å². The van der Waals surface area contributed by atoms with Gasteiger partial charge in [0.25, 0.3) is 0 Å². The van der Waals surface area contributed by atoms with Crippen LogP contribution in [-0.4, -0.2) is 9.97 Å². The summed E-state index contributed by atoms with van der Waals surface area (Å²) in [6.45, 7) is 0. The lowest BCUT2D eigenvalue weighted by Gasteiger charge is -2.05. The summed E-state index contributed by atoms with van der Waals surface area (Å²) in [4.78, 5) is 8.51. The molecule has 0 bridgehead atoms. The van der Waals surface area contributed by atoms with Crippen LogP contribution >= 0.6 is 45.8 Å². The number of nitrogens with zero attached hydrogens (tertiary/aromatic N) is 2. The number of rotatable bonds is 2. The standard InChI is InChI=1S/C13H9Cl2IN2/c14-11-10(16)12(15)18-13(17-11)9-5-3-8(4-6-9)7-1-2-7/h3-7H,1-2H2. The molecule has 1 aromatic carbocycles. The van der Waals surface area contributed by atoms with Crippen molar-refractivity contribution in [2.45, 2.75) is 18.8 Å².